The highest BCUT2D eigenvalue weighted by atomic mass is 35.5. The number of carbonyl (C=O) groups is 1. The molecule has 0 aliphatic carbocycles. The van der Waals surface area contributed by atoms with E-state index in [1.54, 1.807) is 7.11 Å². The maximum Gasteiger partial charge on any atom is 0.220 e. The highest BCUT2D eigenvalue weighted by molar-refractivity contribution is 5.85. The third kappa shape index (κ3) is 5.85. The molecule has 1 amide bonds. The summed E-state index contributed by atoms with van der Waals surface area (Å²) in [5.41, 5.74) is 1.09. The molecule has 0 spiro atoms. The Kier molecular flexibility index (Phi) is 8.28. The van der Waals surface area contributed by atoms with Crippen molar-refractivity contribution in [3.63, 3.8) is 0 Å². The Balaban J connectivity index is 0.00000242. The van der Waals surface area contributed by atoms with Gasteiger partial charge in [-0.15, -0.1) is 12.4 Å². The molecule has 2 N–H and O–H groups in total. The first-order chi connectivity index (χ1) is 10.2. The molecule has 1 heterocycles. The molecule has 1 saturated heterocycles. The minimum atomic E-state index is 0. The lowest BCUT2D eigenvalue weighted by Gasteiger charge is -2.28. The molecular formula is C17H27ClN2O2. The third-order valence-electron chi connectivity index (χ3n) is 4.30. The smallest absolute Gasteiger partial charge is 0.220 e. The van der Waals surface area contributed by atoms with Gasteiger partial charge in [0.1, 0.15) is 5.75 Å². The Bertz CT molecular complexity index is 444. The van der Waals surface area contributed by atoms with Crippen LogP contribution in [0.4, 0.5) is 0 Å². The van der Waals surface area contributed by atoms with Crippen LogP contribution >= 0.6 is 12.4 Å². The van der Waals surface area contributed by atoms with E-state index in [4.69, 9.17) is 4.74 Å². The van der Waals surface area contributed by atoms with Crippen LogP contribution < -0.4 is 15.4 Å². The second-order valence-electron chi connectivity index (χ2n) is 5.91. The summed E-state index contributed by atoms with van der Waals surface area (Å²) in [5, 5.41) is 6.42. The van der Waals surface area contributed by atoms with Gasteiger partial charge in [-0.1, -0.05) is 19.1 Å². The van der Waals surface area contributed by atoms with Crippen molar-refractivity contribution in [1.82, 2.24) is 10.6 Å². The van der Waals surface area contributed by atoms with Crippen molar-refractivity contribution in [1.29, 1.82) is 0 Å². The third-order valence-corrected chi connectivity index (χ3v) is 4.30. The van der Waals surface area contributed by atoms with Gasteiger partial charge < -0.3 is 15.4 Å². The first-order valence-electron chi connectivity index (χ1n) is 7.79. The van der Waals surface area contributed by atoms with Gasteiger partial charge in [-0.3, -0.25) is 4.79 Å². The molecule has 1 aliphatic heterocycles. The maximum absolute atomic E-state index is 12.0. The zero-order chi connectivity index (χ0) is 15.1. The lowest BCUT2D eigenvalue weighted by atomic mass is 9.85. The van der Waals surface area contributed by atoms with Gasteiger partial charge in [0.2, 0.25) is 5.91 Å². The maximum atomic E-state index is 12.0. The Hall–Kier alpha value is -1.26. The normalized spacial score (nSPS) is 18.9. The number of piperidine rings is 1. The lowest BCUT2D eigenvalue weighted by Crippen LogP contribution is -2.35. The standard InChI is InChI=1S/C17H26N2O2.ClH/c1-13(15-4-3-9-18-12-15)10-17(20)19-11-14-5-7-16(21-2)8-6-14;/h5-8,13,15,18H,3-4,9-12H2,1-2H3,(H,19,20);1H. The molecule has 0 radical (unpaired) electrons. The summed E-state index contributed by atoms with van der Waals surface area (Å²) in [6.45, 7) is 4.93. The molecule has 1 aromatic carbocycles. The second kappa shape index (κ2) is 9.70. The van der Waals surface area contributed by atoms with Crippen molar-refractivity contribution >= 4 is 18.3 Å². The number of carbonyl (C=O) groups excluding carboxylic acids is 1. The number of methoxy groups -OCH3 is 1. The van der Waals surface area contributed by atoms with Crippen LogP contribution in [0.2, 0.25) is 0 Å². The monoisotopic (exact) mass is 326 g/mol. The number of amides is 1. The zero-order valence-corrected chi connectivity index (χ0v) is 14.2. The van der Waals surface area contributed by atoms with Gasteiger partial charge in [0.15, 0.2) is 0 Å². The van der Waals surface area contributed by atoms with Gasteiger partial charge in [0, 0.05) is 13.0 Å². The van der Waals surface area contributed by atoms with Crippen LogP contribution in [0.3, 0.4) is 0 Å². The minimum Gasteiger partial charge on any atom is -0.497 e. The molecule has 1 fully saturated rings. The van der Waals surface area contributed by atoms with Crippen LogP contribution in [0.15, 0.2) is 24.3 Å². The molecular weight excluding hydrogens is 300 g/mol. The van der Waals surface area contributed by atoms with E-state index in [0.717, 1.165) is 24.4 Å². The average molecular weight is 327 g/mol. The van der Waals surface area contributed by atoms with Crippen LogP contribution in [0.1, 0.15) is 31.7 Å². The zero-order valence-electron chi connectivity index (χ0n) is 13.4. The van der Waals surface area contributed by atoms with Crippen molar-refractivity contribution in [2.75, 3.05) is 20.2 Å². The van der Waals surface area contributed by atoms with Gasteiger partial charge in [-0.25, -0.2) is 0 Å². The van der Waals surface area contributed by atoms with E-state index in [0.29, 0.717) is 24.8 Å². The highest BCUT2D eigenvalue weighted by Crippen LogP contribution is 2.22. The molecule has 4 nitrogen and oxygen atoms in total. The topological polar surface area (TPSA) is 50.4 Å². The Labute approximate surface area is 139 Å². The summed E-state index contributed by atoms with van der Waals surface area (Å²) in [6, 6.07) is 7.79. The summed E-state index contributed by atoms with van der Waals surface area (Å²) in [6.07, 6.45) is 3.07. The molecule has 0 aromatic heterocycles. The van der Waals surface area contributed by atoms with Gasteiger partial charge in [0.25, 0.3) is 0 Å². The molecule has 0 bridgehead atoms. The summed E-state index contributed by atoms with van der Waals surface area (Å²) < 4.78 is 5.12. The number of hydrogen-bond acceptors (Lipinski definition) is 3. The summed E-state index contributed by atoms with van der Waals surface area (Å²) in [5.74, 6) is 2.05. The molecule has 5 heteroatoms. The fourth-order valence-corrected chi connectivity index (χ4v) is 2.84. The van der Waals surface area contributed by atoms with Crippen LogP contribution in [-0.2, 0) is 11.3 Å². The van der Waals surface area contributed by atoms with E-state index in [9.17, 15) is 4.79 Å². The lowest BCUT2D eigenvalue weighted by molar-refractivity contribution is -0.122. The molecule has 2 atom stereocenters. The number of rotatable bonds is 6. The Morgan fingerprint density at radius 2 is 2.14 bits per heavy atom. The van der Waals surface area contributed by atoms with Gasteiger partial charge >= 0.3 is 0 Å². The van der Waals surface area contributed by atoms with E-state index in [1.807, 2.05) is 24.3 Å². The van der Waals surface area contributed by atoms with Crippen molar-refractivity contribution in [3.05, 3.63) is 29.8 Å². The molecule has 22 heavy (non-hydrogen) atoms. The van der Waals surface area contributed by atoms with Crippen LogP contribution in [0, 0.1) is 11.8 Å². The predicted octanol–water partition coefficient (Wildman–Crippen LogP) is 2.76. The fraction of sp³-hybridized carbons (Fsp3) is 0.588. The van der Waals surface area contributed by atoms with E-state index in [-0.39, 0.29) is 18.3 Å². The average Bonchev–Trinajstić information content (AvgIpc) is 2.54. The van der Waals surface area contributed by atoms with Gasteiger partial charge in [-0.05, 0) is 55.5 Å². The summed E-state index contributed by atoms with van der Waals surface area (Å²) in [7, 11) is 1.65. The number of halogens is 1. The van der Waals surface area contributed by atoms with Crippen molar-refractivity contribution < 1.29 is 9.53 Å². The number of benzene rings is 1. The Morgan fingerprint density at radius 1 is 1.41 bits per heavy atom. The summed E-state index contributed by atoms with van der Waals surface area (Å²) >= 11 is 0. The molecule has 1 aromatic rings. The van der Waals surface area contributed by atoms with Gasteiger partial charge in [-0.2, -0.15) is 0 Å². The molecule has 124 valence electrons. The van der Waals surface area contributed by atoms with Crippen molar-refractivity contribution in [2.24, 2.45) is 11.8 Å². The number of nitrogens with one attached hydrogen (secondary N) is 2. The van der Waals surface area contributed by atoms with Crippen molar-refractivity contribution in [3.8, 4) is 5.75 Å². The second-order valence-corrected chi connectivity index (χ2v) is 5.91. The molecule has 2 rings (SSSR count). The Morgan fingerprint density at radius 3 is 2.73 bits per heavy atom. The van der Waals surface area contributed by atoms with E-state index >= 15 is 0 Å². The first-order valence-corrected chi connectivity index (χ1v) is 7.79. The van der Waals surface area contributed by atoms with E-state index in [1.165, 1.54) is 12.8 Å². The van der Waals surface area contributed by atoms with Crippen LogP contribution in [-0.4, -0.2) is 26.1 Å². The van der Waals surface area contributed by atoms with Crippen LogP contribution in [0.25, 0.3) is 0 Å². The quantitative estimate of drug-likeness (QED) is 0.845. The molecule has 1 aliphatic rings. The minimum absolute atomic E-state index is 0. The number of ether oxygens (including phenoxy) is 1. The predicted molar refractivity (Wildman–Crippen MR) is 91.5 cm³/mol. The first kappa shape index (κ1) is 18.8. The SMILES string of the molecule is COc1ccc(CNC(=O)CC(C)C2CCCNC2)cc1.Cl. The highest BCUT2D eigenvalue weighted by Gasteiger charge is 2.21. The van der Waals surface area contributed by atoms with E-state index in [2.05, 4.69) is 17.6 Å². The largest absolute Gasteiger partial charge is 0.497 e. The fourth-order valence-electron chi connectivity index (χ4n) is 2.84. The molecule has 2 unspecified atom stereocenters. The number of hydrogen-bond donors (Lipinski definition) is 2. The van der Waals surface area contributed by atoms with Crippen molar-refractivity contribution in [2.45, 2.75) is 32.7 Å². The van der Waals surface area contributed by atoms with Crippen LogP contribution in [0.5, 0.6) is 5.75 Å². The molecule has 0 saturated carbocycles. The van der Waals surface area contributed by atoms with E-state index < -0.39 is 0 Å². The van der Waals surface area contributed by atoms with Gasteiger partial charge in [0.05, 0.1) is 7.11 Å². The summed E-state index contributed by atoms with van der Waals surface area (Å²) in [4.78, 5) is 12.0.